The molecule has 3 amide bonds. The molecule has 1 aromatic rings. The highest BCUT2D eigenvalue weighted by Crippen LogP contribution is 2.16. The van der Waals surface area contributed by atoms with Crippen molar-refractivity contribution in [2.45, 2.75) is 32.2 Å². The van der Waals surface area contributed by atoms with Gasteiger partial charge in [0.05, 0.1) is 0 Å². The van der Waals surface area contributed by atoms with Crippen LogP contribution in [0.25, 0.3) is 0 Å². The van der Waals surface area contributed by atoms with Gasteiger partial charge in [0.25, 0.3) is 5.91 Å². The number of halogens is 1. The van der Waals surface area contributed by atoms with E-state index >= 15 is 0 Å². The van der Waals surface area contributed by atoms with Gasteiger partial charge in [0, 0.05) is 36.3 Å². The molecule has 1 saturated heterocycles. The fourth-order valence-electron chi connectivity index (χ4n) is 2.48. The molecular weight excluding hydrogens is 302 g/mol. The number of hydrogen-bond donors (Lipinski definition) is 2. The minimum absolute atomic E-state index is 0.0190. The van der Waals surface area contributed by atoms with E-state index in [1.165, 1.54) is 0 Å². The molecule has 1 heterocycles. The van der Waals surface area contributed by atoms with E-state index in [2.05, 4.69) is 10.6 Å². The summed E-state index contributed by atoms with van der Waals surface area (Å²) in [5.74, 6) is 0.0190. The molecular formula is C16H22ClN3O2. The summed E-state index contributed by atoms with van der Waals surface area (Å²) in [6, 6.07) is 6.94. The average molecular weight is 324 g/mol. The molecule has 0 saturated carbocycles. The van der Waals surface area contributed by atoms with E-state index in [4.69, 9.17) is 11.6 Å². The molecule has 1 aliphatic rings. The number of carbonyl (C=O) groups excluding carboxylic acids is 2. The molecule has 2 rings (SSSR count). The van der Waals surface area contributed by atoms with Gasteiger partial charge in [-0.15, -0.1) is 0 Å². The van der Waals surface area contributed by atoms with Gasteiger partial charge in [-0.1, -0.05) is 18.5 Å². The van der Waals surface area contributed by atoms with Crippen LogP contribution < -0.4 is 10.6 Å². The third kappa shape index (κ3) is 4.63. The first kappa shape index (κ1) is 16.6. The van der Waals surface area contributed by atoms with Gasteiger partial charge in [0.1, 0.15) is 0 Å². The van der Waals surface area contributed by atoms with Crippen molar-refractivity contribution < 1.29 is 9.59 Å². The monoisotopic (exact) mass is 323 g/mol. The minimum Gasteiger partial charge on any atom is -0.338 e. The van der Waals surface area contributed by atoms with Crippen molar-refractivity contribution >= 4 is 23.5 Å². The largest absolute Gasteiger partial charge is 0.338 e. The molecule has 0 radical (unpaired) electrons. The molecule has 0 unspecified atom stereocenters. The van der Waals surface area contributed by atoms with Crippen LogP contribution in [0.15, 0.2) is 24.3 Å². The lowest BCUT2D eigenvalue weighted by Crippen LogP contribution is -2.49. The molecule has 120 valence electrons. The number of nitrogens with zero attached hydrogens (tertiary/aromatic N) is 1. The van der Waals surface area contributed by atoms with Crippen molar-refractivity contribution in [3.05, 3.63) is 34.9 Å². The van der Waals surface area contributed by atoms with E-state index < -0.39 is 0 Å². The molecule has 6 heteroatoms. The maximum absolute atomic E-state index is 12.4. The zero-order valence-electron chi connectivity index (χ0n) is 12.8. The Labute approximate surface area is 136 Å². The number of carbonyl (C=O) groups is 2. The molecule has 0 bridgehead atoms. The second-order valence-electron chi connectivity index (χ2n) is 5.47. The molecule has 2 N–H and O–H groups in total. The van der Waals surface area contributed by atoms with Gasteiger partial charge in [0.15, 0.2) is 0 Å². The highest BCUT2D eigenvalue weighted by Gasteiger charge is 2.24. The first-order valence-corrected chi connectivity index (χ1v) is 8.07. The Bertz CT molecular complexity index is 511. The standard InChI is InChI=1S/C16H22ClN3O2/c1-2-9-18-16(22)19-14-7-10-20(11-8-14)15(21)12-3-5-13(17)6-4-12/h3-6,14H,2,7-11H2,1H3,(H2,18,19,22). The predicted molar refractivity (Wildman–Crippen MR) is 87.2 cm³/mol. The fraction of sp³-hybridized carbons (Fsp3) is 0.500. The summed E-state index contributed by atoms with van der Waals surface area (Å²) in [6.07, 6.45) is 2.47. The molecule has 1 aromatic carbocycles. The van der Waals surface area contributed by atoms with Gasteiger partial charge >= 0.3 is 6.03 Å². The summed E-state index contributed by atoms with van der Waals surface area (Å²) >= 11 is 5.83. The molecule has 0 aromatic heterocycles. The third-order valence-corrected chi connectivity index (χ3v) is 4.00. The van der Waals surface area contributed by atoms with Crippen molar-refractivity contribution in [3.63, 3.8) is 0 Å². The van der Waals surface area contributed by atoms with Gasteiger partial charge < -0.3 is 15.5 Å². The Hall–Kier alpha value is -1.75. The maximum atomic E-state index is 12.4. The Morgan fingerprint density at radius 1 is 1.23 bits per heavy atom. The molecule has 1 fully saturated rings. The molecule has 0 spiro atoms. The molecule has 5 nitrogen and oxygen atoms in total. The first-order valence-electron chi connectivity index (χ1n) is 7.69. The van der Waals surface area contributed by atoms with Crippen LogP contribution in [-0.2, 0) is 0 Å². The van der Waals surface area contributed by atoms with Crippen molar-refractivity contribution in [1.82, 2.24) is 15.5 Å². The summed E-state index contributed by atoms with van der Waals surface area (Å²) in [7, 11) is 0. The van der Waals surface area contributed by atoms with E-state index in [-0.39, 0.29) is 18.0 Å². The third-order valence-electron chi connectivity index (χ3n) is 3.74. The highest BCUT2D eigenvalue weighted by atomic mass is 35.5. The summed E-state index contributed by atoms with van der Waals surface area (Å²) in [4.78, 5) is 25.8. The number of hydrogen-bond acceptors (Lipinski definition) is 2. The molecule has 0 atom stereocenters. The van der Waals surface area contributed by atoms with Gasteiger partial charge in [-0.05, 0) is 43.5 Å². The lowest BCUT2D eigenvalue weighted by Gasteiger charge is -2.32. The number of piperidine rings is 1. The zero-order valence-corrected chi connectivity index (χ0v) is 13.5. The SMILES string of the molecule is CCCNC(=O)NC1CCN(C(=O)c2ccc(Cl)cc2)CC1. The van der Waals surface area contributed by atoms with Crippen molar-refractivity contribution in [2.75, 3.05) is 19.6 Å². The predicted octanol–water partition coefficient (Wildman–Crippen LogP) is 2.65. The smallest absolute Gasteiger partial charge is 0.315 e. The van der Waals surface area contributed by atoms with E-state index in [0.29, 0.717) is 30.2 Å². The van der Waals surface area contributed by atoms with Gasteiger partial charge in [-0.25, -0.2) is 4.79 Å². The fourth-order valence-corrected chi connectivity index (χ4v) is 2.60. The van der Waals surface area contributed by atoms with E-state index in [1.807, 2.05) is 11.8 Å². The number of benzene rings is 1. The van der Waals surface area contributed by atoms with Crippen LogP contribution in [-0.4, -0.2) is 42.5 Å². The van der Waals surface area contributed by atoms with Crippen molar-refractivity contribution in [3.8, 4) is 0 Å². The summed E-state index contributed by atoms with van der Waals surface area (Å²) in [5, 5.41) is 6.38. The van der Waals surface area contributed by atoms with Crippen LogP contribution in [0, 0.1) is 0 Å². The number of rotatable bonds is 4. The summed E-state index contributed by atoms with van der Waals surface area (Å²) < 4.78 is 0. The molecule has 1 aliphatic heterocycles. The normalized spacial score (nSPS) is 15.5. The van der Waals surface area contributed by atoms with Crippen LogP contribution in [0.2, 0.25) is 5.02 Å². The van der Waals surface area contributed by atoms with Crippen LogP contribution in [0.1, 0.15) is 36.5 Å². The van der Waals surface area contributed by atoms with Gasteiger partial charge in [0.2, 0.25) is 0 Å². The maximum Gasteiger partial charge on any atom is 0.315 e. The van der Waals surface area contributed by atoms with Gasteiger partial charge in [-0.2, -0.15) is 0 Å². The van der Waals surface area contributed by atoms with E-state index in [1.54, 1.807) is 24.3 Å². The Kier molecular flexibility index (Phi) is 6.07. The number of nitrogens with one attached hydrogen (secondary N) is 2. The number of amides is 3. The van der Waals surface area contributed by atoms with Crippen molar-refractivity contribution in [2.24, 2.45) is 0 Å². The van der Waals surface area contributed by atoms with Gasteiger partial charge in [-0.3, -0.25) is 4.79 Å². The topological polar surface area (TPSA) is 61.4 Å². The summed E-state index contributed by atoms with van der Waals surface area (Å²) in [6.45, 7) is 4.00. The van der Waals surface area contributed by atoms with Crippen LogP contribution in [0.3, 0.4) is 0 Å². The lowest BCUT2D eigenvalue weighted by molar-refractivity contribution is 0.0708. The minimum atomic E-state index is -0.121. The van der Waals surface area contributed by atoms with E-state index in [9.17, 15) is 9.59 Å². The summed E-state index contributed by atoms with van der Waals surface area (Å²) in [5.41, 5.74) is 0.650. The Morgan fingerprint density at radius 3 is 2.45 bits per heavy atom. The van der Waals surface area contributed by atoms with Crippen LogP contribution in [0.4, 0.5) is 4.79 Å². The Morgan fingerprint density at radius 2 is 1.86 bits per heavy atom. The van der Waals surface area contributed by atoms with Crippen molar-refractivity contribution in [1.29, 1.82) is 0 Å². The molecule has 0 aliphatic carbocycles. The quantitative estimate of drug-likeness (QED) is 0.895. The Balaban J connectivity index is 1.80. The van der Waals surface area contributed by atoms with E-state index in [0.717, 1.165) is 19.3 Å². The highest BCUT2D eigenvalue weighted by molar-refractivity contribution is 6.30. The molecule has 22 heavy (non-hydrogen) atoms. The second-order valence-corrected chi connectivity index (χ2v) is 5.91. The van der Waals surface area contributed by atoms with Crippen LogP contribution >= 0.6 is 11.6 Å². The average Bonchev–Trinajstić information content (AvgIpc) is 2.54. The lowest BCUT2D eigenvalue weighted by atomic mass is 10.0. The van der Waals surface area contributed by atoms with Crippen LogP contribution in [0.5, 0.6) is 0 Å². The number of urea groups is 1. The zero-order chi connectivity index (χ0) is 15.9. The first-order chi connectivity index (χ1) is 10.6. The second kappa shape index (κ2) is 8.03. The number of likely N-dealkylation sites (tertiary alicyclic amines) is 1.